The van der Waals surface area contributed by atoms with Gasteiger partial charge in [0.2, 0.25) is 0 Å². The molecule has 8 heteroatoms. The van der Waals surface area contributed by atoms with Crippen LogP contribution in [0, 0.1) is 21.7 Å². The Kier molecular flexibility index (Phi) is 4.22. The van der Waals surface area contributed by atoms with Crippen molar-refractivity contribution >= 4 is 23.4 Å². The highest BCUT2D eigenvalue weighted by atomic mass is 32.2. The molecule has 20 heavy (non-hydrogen) atoms. The average molecular weight is 302 g/mol. The van der Waals surface area contributed by atoms with E-state index < -0.39 is 33.7 Å². The molecule has 5 nitrogen and oxygen atoms in total. The quantitative estimate of drug-likeness (QED) is 0.622. The van der Waals surface area contributed by atoms with Crippen LogP contribution in [0.25, 0.3) is 0 Å². The third-order valence-electron chi connectivity index (χ3n) is 3.09. The van der Waals surface area contributed by atoms with E-state index in [1.807, 2.05) is 6.92 Å². The molecule has 1 aliphatic heterocycles. The summed E-state index contributed by atoms with van der Waals surface area (Å²) in [5, 5.41) is 10.9. The van der Waals surface area contributed by atoms with E-state index in [0.717, 1.165) is 0 Å². The smallest absolute Gasteiger partial charge is 0.285 e. The number of thioether (sulfide) groups is 1. The van der Waals surface area contributed by atoms with E-state index in [4.69, 9.17) is 0 Å². The Balaban J connectivity index is 2.42. The molecule has 1 aromatic rings. The Hall–Kier alpha value is -1.70. The number of amides is 1. The Morgan fingerprint density at radius 3 is 2.70 bits per heavy atom. The number of nitro groups is 1. The molecule has 0 aliphatic carbocycles. The van der Waals surface area contributed by atoms with Gasteiger partial charge in [-0.15, -0.1) is 0 Å². The van der Waals surface area contributed by atoms with Crippen LogP contribution < -0.4 is 0 Å². The summed E-state index contributed by atoms with van der Waals surface area (Å²) in [5.41, 5.74) is -1.12. The molecule has 1 aliphatic rings. The molecule has 0 N–H and O–H groups in total. The molecule has 1 atom stereocenters. The summed E-state index contributed by atoms with van der Waals surface area (Å²) in [6, 6.07) is 0.949. The fourth-order valence-corrected chi connectivity index (χ4v) is 3.06. The van der Waals surface area contributed by atoms with E-state index in [-0.39, 0.29) is 6.04 Å². The molecule has 108 valence electrons. The molecule has 1 saturated heterocycles. The molecule has 2 rings (SSSR count). The van der Waals surface area contributed by atoms with Gasteiger partial charge in [-0.3, -0.25) is 14.9 Å². The monoisotopic (exact) mass is 302 g/mol. The number of benzene rings is 1. The van der Waals surface area contributed by atoms with Gasteiger partial charge in [-0.25, -0.2) is 8.78 Å². The van der Waals surface area contributed by atoms with Crippen molar-refractivity contribution in [3.05, 3.63) is 39.4 Å². The Morgan fingerprint density at radius 2 is 2.10 bits per heavy atom. The predicted octanol–water partition coefficient (Wildman–Crippen LogP) is 2.45. The molecule has 1 aromatic carbocycles. The maximum Gasteiger partial charge on any atom is 0.285 e. The first-order valence-corrected chi connectivity index (χ1v) is 7.09. The summed E-state index contributed by atoms with van der Waals surface area (Å²) >= 11 is 1.67. The van der Waals surface area contributed by atoms with Gasteiger partial charge in [0.25, 0.3) is 11.6 Å². The average Bonchev–Trinajstić information content (AvgIpc) is 2.41. The van der Waals surface area contributed by atoms with Crippen LogP contribution in [-0.4, -0.2) is 39.8 Å². The van der Waals surface area contributed by atoms with Crippen molar-refractivity contribution in [3.63, 3.8) is 0 Å². The van der Waals surface area contributed by atoms with Gasteiger partial charge in [0.05, 0.1) is 11.0 Å². The van der Waals surface area contributed by atoms with Gasteiger partial charge in [0.15, 0.2) is 11.6 Å². The van der Waals surface area contributed by atoms with Crippen LogP contribution in [0.4, 0.5) is 14.5 Å². The summed E-state index contributed by atoms with van der Waals surface area (Å²) in [7, 11) is 0. The second-order valence-electron chi connectivity index (χ2n) is 4.46. The first kappa shape index (κ1) is 14.7. The predicted molar refractivity (Wildman–Crippen MR) is 70.8 cm³/mol. The van der Waals surface area contributed by atoms with E-state index in [1.54, 1.807) is 11.8 Å². The molecule has 1 amide bonds. The third kappa shape index (κ3) is 2.74. The first-order chi connectivity index (χ1) is 9.41. The number of hydrogen-bond acceptors (Lipinski definition) is 4. The van der Waals surface area contributed by atoms with Crippen molar-refractivity contribution in [2.75, 3.05) is 18.1 Å². The van der Waals surface area contributed by atoms with Crippen molar-refractivity contribution in [1.29, 1.82) is 0 Å². The molecule has 1 heterocycles. The molecule has 0 spiro atoms. The number of hydrogen-bond donors (Lipinski definition) is 0. The highest BCUT2D eigenvalue weighted by molar-refractivity contribution is 7.99. The highest BCUT2D eigenvalue weighted by Gasteiger charge is 2.31. The van der Waals surface area contributed by atoms with Crippen LogP contribution in [0.5, 0.6) is 0 Å². The molecule has 0 radical (unpaired) electrons. The lowest BCUT2D eigenvalue weighted by Crippen LogP contribution is -2.44. The van der Waals surface area contributed by atoms with Crippen LogP contribution in [-0.2, 0) is 0 Å². The van der Waals surface area contributed by atoms with Crippen molar-refractivity contribution in [2.45, 2.75) is 13.0 Å². The van der Waals surface area contributed by atoms with Crippen LogP contribution in [0.3, 0.4) is 0 Å². The lowest BCUT2D eigenvalue weighted by atomic mass is 10.1. The SMILES string of the molecule is CC1CSCCN1C(=O)c1cc(F)c(F)cc1[N+](=O)[O-]. The van der Waals surface area contributed by atoms with Gasteiger partial charge < -0.3 is 4.90 Å². The van der Waals surface area contributed by atoms with Gasteiger partial charge >= 0.3 is 0 Å². The molecule has 0 bridgehead atoms. The number of nitro benzene ring substituents is 1. The van der Waals surface area contributed by atoms with Crippen molar-refractivity contribution in [2.24, 2.45) is 0 Å². The van der Waals surface area contributed by atoms with E-state index >= 15 is 0 Å². The van der Waals surface area contributed by atoms with Crippen LogP contribution in [0.2, 0.25) is 0 Å². The zero-order chi connectivity index (χ0) is 14.9. The second-order valence-corrected chi connectivity index (χ2v) is 5.61. The fraction of sp³-hybridized carbons (Fsp3) is 0.417. The molecular formula is C12H12F2N2O3S. The number of carbonyl (C=O) groups excluding carboxylic acids is 1. The summed E-state index contributed by atoms with van der Waals surface area (Å²) in [4.78, 5) is 23.8. The lowest BCUT2D eigenvalue weighted by molar-refractivity contribution is -0.385. The largest absolute Gasteiger partial charge is 0.334 e. The fourth-order valence-electron chi connectivity index (χ4n) is 2.04. The van der Waals surface area contributed by atoms with Crippen molar-refractivity contribution in [3.8, 4) is 0 Å². The minimum atomic E-state index is -1.34. The third-order valence-corrected chi connectivity index (χ3v) is 4.28. The van der Waals surface area contributed by atoms with E-state index in [0.29, 0.717) is 30.2 Å². The van der Waals surface area contributed by atoms with Gasteiger partial charge in [-0.2, -0.15) is 11.8 Å². The van der Waals surface area contributed by atoms with Crippen LogP contribution >= 0.6 is 11.8 Å². The summed E-state index contributed by atoms with van der Waals surface area (Å²) in [5.74, 6) is -1.81. The Labute approximate surface area is 118 Å². The van der Waals surface area contributed by atoms with Crippen molar-refractivity contribution < 1.29 is 18.5 Å². The zero-order valence-electron chi connectivity index (χ0n) is 10.6. The summed E-state index contributed by atoms with van der Waals surface area (Å²) in [6.45, 7) is 2.25. The number of nitrogens with zero attached hydrogens (tertiary/aromatic N) is 2. The Morgan fingerprint density at radius 1 is 1.45 bits per heavy atom. The van der Waals surface area contributed by atoms with Gasteiger partial charge in [-0.1, -0.05) is 0 Å². The van der Waals surface area contributed by atoms with Crippen LogP contribution in [0.15, 0.2) is 12.1 Å². The number of carbonyl (C=O) groups is 1. The van der Waals surface area contributed by atoms with E-state index in [2.05, 4.69) is 0 Å². The molecule has 1 fully saturated rings. The molecule has 0 aromatic heterocycles. The van der Waals surface area contributed by atoms with Crippen LogP contribution in [0.1, 0.15) is 17.3 Å². The molecule has 0 saturated carbocycles. The van der Waals surface area contributed by atoms with E-state index in [1.165, 1.54) is 4.90 Å². The number of halogens is 2. The zero-order valence-corrected chi connectivity index (χ0v) is 11.5. The topological polar surface area (TPSA) is 63.5 Å². The minimum absolute atomic E-state index is 0.103. The highest BCUT2D eigenvalue weighted by Crippen LogP contribution is 2.26. The standard InChI is InChI=1S/C12H12F2N2O3S/c1-7-6-20-3-2-15(7)12(17)8-4-9(13)10(14)5-11(8)16(18)19/h4-5,7H,2-3,6H2,1H3. The maximum atomic E-state index is 13.3. The van der Waals surface area contributed by atoms with Gasteiger partial charge in [-0.05, 0) is 13.0 Å². The lowest BCUT2D eigenvalue weighted by Gasteiger charge is -2.33. The Bertz CT molecular complexity index is 568. The summed E-state index contributed by atoms with van der Waals surface area (Å²) < 4.78 is 26.4. The number of rotatable bonds is 2. The molecule has 1 unspecified atom stereocenters. The van der Waals surface area contributed by atoms with Gasteiger partial charge in [0.1, 0.15) is 5.56 Å². The normalized spacial score (nSPS) is 18.9. The van der Waals surface area contributed by atoms with Gasteiger partial charge in [0, 0.05) is 24.1 Å². The van der Waals surface area contributed by atoms with Crippen molar-refractivity contribution in [1.82, 2.24) is 4.90 Å². The minimum Gasteiger partial charge on any atom is -0.334 e. The first-order valence-electron chi connectivity index (χ1n) is 5.94. The molecular weight excluding hydrogens is 290 g/mol. The maximum absolute atomic E-state index is 13.3. The summed E-state index contributed by atoms with van der Waals surface area (Å²) in [6.07, 6.45) is 0. The second kappa shape index (κ2) is 5.74. The van der Waals surface area contributed by atoms with E-state index in [9.17, 15) is 23.7 Å².